The molecular weight excluding hydrogens is 443 g/mol. The molecule has 0 saturated carbocycles. The van der Waals surface area contributed by atoms with Gasteiger partial charge in [0.25, 0.3) is 0 Å². The van der Waals surface area contributed by atoms with E-state index in [0.29, 0.717) is 0 Å². The van der Waals surface area contributed by atoms with Crippen LogP contribution in [0.4, 0.5) is 4.39 Å². The van der Waals surface area contributed by atoms with Crippen LogP contribution in [0.3, 0.4) is 0 Å². The molecular formula is C21H22BrFN2O4. The SMILES string of the molecule is COC(=O)[C@H](Cc1ccccc1Br)NC(=O)[C@H](Cc1ccccc1F)NC(C)=O. The monoisotopic (exact) mass is 464 g/mol. The van der Waals surface area contributed by atoms with Gasteiger partial charge in [0.2, 0.25) is 11.8 Å². The topological polar surface area (TPSA) is 84.5 Å². The molecule has 0 fully saturated rings. The zero-order valence-corrected chi connectivity index (χ0v) is 17.7. The number of methoxy groups -OCH3 is 1. The average molecular weight is 465 g/mol. The molecule has 0 aliphatic rings. The zero-order chi connectivity index (χ0) is 21.4. The van der Waals surface area contributed by atoms with Crippen LogP contribution in [0, 0.1) is 5.82 Å². The summed E-state index contributed by atoms with van der Waals surface area (Å²) in [7, 11) is 1.23. The number of rotatable bonds is 8. The second-order valence-electron chi connectivity index (χ2n) is 6.43. The minimum absolute atomic E-state index is 0.0546. The van der Waals surface area contributed by atoms with E-state index in [4.69, 9.17) is 4.74 Å². The van der Waals surface area contributed by atoms with E-state index in [1.807, 2.05) is 24.3 Å². The molecule has 6 nitrogen and oxygen atoms in total. The first kappa shape index (κ1) is 22.5. The molecule has 0 heterocycles. The highest BCUT2D eigenvalue weighted by atomic mass is 79.9. The Kier molecular flexibility index (Phi) is 8.33. The first-order valence-electron chi connectivity index (χ1n) is 8.94. The summed E-state index contributed by atoms with van der Waals surface area (Å²) in [6.07, 6.45) is 0.132. The molecule has 0 radical (unpaired) electrons. The van der Waals surface area contributed by atoms with Gasteiger partial charge >= 0.3 is 5.97 Å². The Bertz CT molecular complexity index is 890. The van der Waals surface area contributed by atoms with Gasteiger partial charge in [0.1, 0.15) is 17.9 Å². The fourth-order valence-corrected chi connectivity index (χ4v) is 3.28. The molecule has 2 atom stereocenters. The predicted molar refractivity (Wildman–Crippen MR) is 110 cm³/mol. The van der Waals surface area contributed by atoms with Crippen LogP contribution in [0.1, 0.15) is 18.1 Å². The van der Waals surface area contributed by atoms with Crippen molar-refractivity contribution in [3.8, 4) is 0 Å². The van der Waals surface area contributed by atoms with Gasteiger partial charge in [-0.3, -0.25) is 9.59 Å². The molecule has 2 N–H and O–H groups in total. The van der Waals surface area contributed by atoms with E-state index in [-0.39, 0.29) is 18.4 Å². The van der Waals surface area contributed by atoms with Crippen LogP contribution in [-0.2, 0) is 32.0 Å². The van der Waals surface area contributed by atoms with E-state index in [1.54, 1.807) is 6.07 Å². The normalized spacial score (nSPS) is 12.6. The number of esters is 1. The lowest BCUT2D eigenvalue weighted by atomic mass is 10.0. The van der Waals surface area contributed by atoms with Crippen LogP contribution in [0.15, 0.2) is 53.0 Å². The molecule has 0 unspecified atom stereocenters. The quantitative estimate of drug-likeness (QED) is 0.587. The minimum Gasteiger partial charge on any atom is -0.467 e. The number of benzene rings is 2. The second-order valence-corrected chi connectivity index (χ2v) is 7.28. The third kappa shape index (κ3) is 6.67. The number of hydrogen-bond donors (Lipinski definition) is 2. The van der Waals surface area contributed by atoms with Crippen molar-refractivity contribution in [2.75, 3.05) is 7.11 Å². The van der Waals surface area contributed by atoms with Gasteiger partial charge in [0.15, 0.2) is 0 Å². The van der Waals surface area contributed by atoms with Crippen molar-refractivity contribution in [1.82, 2.24) is 10.6 Å². The first-order chi connectivity index (χ1) is 13.8. The number of hydrogen-bond acceptors (Lipinski definition) is 4. The number of amides is 2. The third-order valence-electron chi connectivity index (χ3n) is 4.26. The number of ether oxygens (including phenoxy) is 1. The Labute approximate surface area is 177 Å². The standard InChI is InChI=1S/C21H22BrFN2O4/c1-13(26)24-18(12-15-8-4-6-10-17(15)23)20(27)25-19(21(28)29-2)11-14-7-3-5-9-16(14)22/h3-10,18-19H,11-12H2,1-2H3,(H,24,26)(H,25,27)/t18-,19-/m0/s1. The van der Waals surface area contributed by atoms with Crippen LogP contribution in [0.2, 0.25) is 0 Å². The van der Waals surface area contributed by atoms with E-state index in [9.17, 15) is 18.8 Å². The Morgan fingerprint density at radius 2 is 1.55 bits per heavy atom. The van der Waals surface area contributed by atoms with E-state index >= 15 is 0 Å². The highest BCUT2D eigenvalue weighted by Crippen LogP contribution is 2.18. The lowest BCUT2D eigenvalue weighted by Crippen LogP contribution is -2.53. The van der Waals surface area contributed by atoms with Gasteiger partial charge < -0.3 is 15.4 Å². The smallest absolute Gasteiger partial charge is 0.328 e. The van der Waals surface area contributed by atoms with Crippen LogP contribution in [0.25, 0.3) is 0 Å². The fraction of sp³-hybridized carbons (Fsp3) is 0.286. The van der Waals surface area contributed by atoms with Crippen molar-refractivity contribution in [1.29, 1.82) is 0 Å². The summed E-state index contributed by atoms with van der Waals surface area (Å²) < 4.78 is 19.6. The number of carbonyl (C=O) groups is 3. The number of carbonyl (C=O) groups excluding carboxylic acids is 3. The summed E-state index contributed by atoms with van der Waals surface area (Å²) in [5, 5.41) is 5.13. The number of nitrogens with one attached hydrogen (secondary N) is 2. The van der Waals surface area contributed by atoms with Gasteiger partial charge in [-0.2, -0.15) is 0 Å². The number of halogens is 2. The molecule has 0 aliphatic heterocycles. The van der Waals surface area contributed by atoms with E-state index in [0.717, 1.165) is 10.0 Å². The summed E-state index contributed by atoms with van der Waals surface area (Å²) in [6, 6.07) is 11.3. The van der Waals surface area contributed by atoms with E-state index in [1.165, 1.54) is 32.2 Å². The largest absolute Gasteiger partial charge is 0.467 e. The van der Waals surface area contributed by atoms with Crippen molar-refractivity contribution in [3.05, 3.63) is 69.9 Å². The molecule has 2 rings (SSSR count). The molecule has 0 aliphatic carbocycles. The molecule has 2 aromatic rings. The van der Waals surface area contributed by atoms with Gasteiger partial charge in [0, 0.05) is 24.2 Å². The Morgan fingerprint density at radius 1 is 0.966 bits per heavy atom. The molecule has 29 heavy (non-hydrogen) atoms. The molecule has 0 spiro atoms. The molecule has 2 aromatic carbocycles. The predicted octanol–water partition coefficient (Wildman–Crippen LogP) is 2.54. The van der Waals surface area contributed by atoms with Crippen LogP contribution in [-0.4, -0.2) is 37.0 Å². The fourth-order valence-electron chi connectivity index (χ4n) is 2.83. The summed E-state index contributed by atoms with van der Waals surface area (Å²) in [6.45, 7) is 1.26. The maximum atomic E-state index is 14.0. The lowest BCUT2D eigenvalue weighted by Gasteiger charge is -2.22. The highest BCUT2D eigenvalue weighted by molar-refractivity contribution is 9.10. The molecule has 8 heteroatoms. The Morgan fingerprint density at radius 3 is 2.14 bits per heavy atom. The zero-order valence-electron chi connectivity index (χ0n) is 16.1. The maximum Gasteiger partial charge on any atom is 0.328 e. The van der Waals surface area contributed by atoms with Gasteiger partial charge in [-0.1, -0.05) is 52.3 Å². The third-order valence-corrected chi connectivity index (χ3v) is 5.03. The molecule has 2 amide bonds. The first-order valence-corrected chi connectivity index (χ1v) is 9.73. The van der Waals surface area contributed by atoms with E-state index in [2.05, 4.69) is 26.6 Å². The highest BCUT2D eigenvalue weighted by Gasteiger charge is 2.28. The van der Waals surface area contributed by atoms with Crippen molar-refractivity contribution < 1.29 is 23.5 Å². The molecule has 0 aromatic heterocycles. The van der Waals surface area contributed by atoms with Crippen LogP contribution >= 0.6 is 15.9 Å². The van der Waals surface area contributed by atoms with Gasteiger partial charge in [-0.15, -0.1) is 0 Å². The Hall–Kier alpha value is -2.74. The molecule has 154 valence electrons. The summed E-state index contributed by atoms with van der Waals surface area (Å²) in [5.74, 6) is -2.15. The maximum absolute atomic E-state index is 14.0. The van der Waals surface area contributed by atoms with Crippen LogP contribution in [0.5, 0.6) is 0 Å². The van der Waals surface area contributed by atoms with Crippen molar-refractivity contribution in [3.63, 3.8) is 0 Å². The lowest BCUT2D eigenvalue weighted by molar-refractivity contribution is -0.145. The van der Waals surface area contributed by atoms with Gasteiger partial charge in [0.05, 0.1) is 7.11 Å². The van der Waals surface area contributed by atoms with Crippen molar-refractivity contribution >= 4 is 33.7 Å². The Balaban J connectivity index is 2.20. The summed E-state index contributed by atoms with van der Waals surface area (Å²) in [5.41, 5.74) is 1.08. The average Bonchev–Trinajstić information content (AvgIpc) is 2.69. The van der Waals surface area contributed by atoms with Gasteiger partial charge in [-0.25, -0.2) is 9.18 Å². The van der Waals surface area contributed by atoms with Crippen molar-refractivity contribution in [2.24, 2.45) is 0 Å². The van der Waals surface area contributed by atoms with Crippen molar-refractivity contribution in [2.45, 2.75) is 31.8 Å². The minimum atomic E-state index is -1.05. The summed E-state index contributed by atoms with van der Waals surface area (Å²) in [4.78, 5) is 36.6. The molecule has 0 bridgehead atoms. The van der Waals surface area contributed by atoms with E-state index < -0.39 is 35.7 Å². The second kappa shape index (κ2) is 10.7. The molecule has 0 saturated heterocycles. The summed E-state index contributed by atoms with van der Waals surface area (Å²) >= 11 is 3.41. The van der Waals surface area contributed by atoms with Gasteiger partial charge in [-0.05, 0) is 23.3 Å². The van der Waals surface area contributed by atoms with Crippen LogP contribution < -0.4 is 10.6 Å².